The van der Waals surface area contributed by atoms with Crippen LogP contribution in [0.15, 0.2) is 55.1 Å². The lowest BCUT2D eigenvalue weighted by molar-refractivity contribution is -0.00876. The summed E-state index contributed by atoms with van der Waals surface area (Å²) < 4.78 is 6.95. The number of nitriles is 1. The minimum absolute atomic E-state index is 0.322. The molecule has 4 fully saturated rings. The van der Waals surface area contributed by atoms with Crippen molar-refractivity contribution >= 4 is 17.0 Å². The number of hydrogen-bond acceptors (Lipinski definition) is 9. The lowest BCUT2D eigenvalue weighted by Gasteiger charge is -2.56. The summed E-state index contributed by atoms with van der Waals surface area (Å²) in [6.07, 6.45) is 9.00. The van der Waals surface area contributed by atoms with Gasteiger partial charge in [0, 0.05) is 74.4 Å². The van der Waals surface area contributed by atoms with Crippen LogP contribution in [-0.2, 0) is 6.54 Å². The van der Waals surface area contributed by atoms with Crippen LogP contribution in [0.4, 0.5) is 11.5 Å². The normalized spacial score (nSPS) is 22.6. The lowest BCUT2D eigenvalue weighted by atomic mass is 9.87. The van der Waals surface area contributed by atoms with Gasteiger partial charge in [-0.05, 0) is 36.6 Å². The van der Waals surface area contributed by atoms with Crippen molar-refractivity contribution in [1.29, 1.82) is 5.26 Å². The minimum Gasteiger partial charge on any atom is -0.481 e. The molecule has 0 amide bonds. The van der Waals surface area contributed by atoms with Crippen molar-refractivity contribution < 1.29 is 9.84 Å². The van der Waals surface area contributed by atoms with Gasteiger partial charge in [-0.3, -0.25) is 4.90 Å². The van der Waals surface area contributed by atoms with Gasteiger partial charge in [0.1, 0.15) is 11.9 Å². The maximum absolute atomic E-state index is 10.1. The van der Waals surface area contributed by atoms with Crippen LogP contribution in [0.25, 0.3) is 16.6 Å². The van der Waals surface area contributed by atoms with Crippen LogP contribution in [-0.4, -0.2) is 81.1 Å². The molecule has 10 nitrogen and oxygen atoms in total. The number of β-amino-alcohol motifs (C(OH)–C–C–N with tert-alkyl or cyclic N) is 1. The first-order valence-electron chi connectivity index (χ1n) is 13.4. The quantitative estimate of drug-likeness (QED) is 0.409. The predicted molar refractivity (Wildman–Crippen MR) is 147 cm³/mol. The molecule has 0 spiro atoms. The molecule has 3 atom stereocenters. The summed E-state index contributed by atoms with van der Waals surface area (Å²) >= 11 is 0. The number of rotatable bonds is 6. The molecule has 0 aromatic carbocycles. The molecule has 39 heavy (non-hydrogen) atoms. The second kappa shape index (κ2) is 9.52. The SMILES string of the molecule is COc1ccc(CN2C3CC2CN(c2ccc(-c4cc(N5CC[C@@H](O)C5)cn5ncc(C#N)c45)cn2)C3)cn1. The first kappa shape index (κ1) is 23.9. The Morgan fingerprint density at radius 3 is 2.59 bits per heavy atom. The highest BCUT2D eigenvalue weighted by molar-refractivity contribution is 5.86. The number of ether oxygens (including phenoxy) is 1. The van der Waals surface area contributed by atoms with Gasteiger partial charge in [0.25, 0.3) is 0 Å². The molecule has 8 heterocycles. The smallest absolute Gasteiger partial charge is 0.212 e. The Bertz CT molecular complexity index is 1530. The van der Waals surface area contributed by atoms with Crippen LogP contribution >= 0.6 is 0 Å². The number of aromatic nitrogens is 4. The lowest BCUT2D eigenvalue weighted by Crippen LogP contribution is -2.68. The molecule has 4 aliphatic heterocycles. The standard InChI is InChI=1S/C29H30N8O2/c1-39-28-5-2-19(11-32-28)14-36-23-8-24(36)16-35(15-23)27-4-3-20(12-31-27)26-9-22(34-7-6-25(38)18-34)17-37-29(26)21(10-30)13-33-37/h2-5,9,11-13,17,23-25,38H,6-8,14-16,18H2,1H3/t23?,24?,25-/m1/s1. The van der Waals surface area contributed by atoms with Gasteiger partial charge >= 0.3 is 0 Å². The Balaban J connectivity index is 1.10. The van der Waals surface area contributed by atoms with Crippen molar-refractivity contribution in [2.45, 2.75) is 37.6 Å². The summed E-state index contributed by atoms with van der Waals surface area (Å²) in [5.41, 5.74) is 5.36. The second-order valence-electron chi connectivity index (χ2n) is 10.7. The summed E-state index contributed by atoms with van der Waals surface area (Å²) in [6.45, 7) is 4.19. The van der Waals surface area contributed by atoms with E-state index < -0.39 is 0 Å². The van der Waals surface area contributed by atoms with Crippen molar-refractivity contribution in [2.75, 3.05) is 43.1 Å². The van der Waals surface area contributed by atoms with E-state index in [0.29, 0.717) is 30.1 Å². The van der Waals surface area contributed by atoms with Crippen LogP contribution in [0, 0.1) is 11.3 Å². The van der Waals surface area contributed by atoms with Gasteiger partial charge in [0.2, 0.25) is 5.88 Å². The molecule has 2 bridgehead atoms. The average molecular weight is 523 g/mol. The number of fused-ring (bicyclic) bond motifs is 3. The van der Waals surface area contributed by atoms with E-state index in [1.807, 2.05) is 24.7 Å². The van der Waals surface area contributed by atoms with Gasteiger partial charge in [-0.1, -0.05) is 6.07 Å². The molecule has 4 saturated heterocycles. The maximum atomic E-state index is 10.1. The summed E-state index contributed by atoms with van der Waals surface area (Å²) in [6, 6.07) is 13.6. The zero-order valence-corrected chi connectivity index (χ0v) is 21.8. The Hall–Kier alpha value is -4.20. The molecule has 1 N–H and O–H groups in total. The molecule has 8 rings (SSSR count). The van der Waals surface area contributed by atoms with E-state index in [4.69, 9.17) is 9.72 Å². The van der Waals surface area contributed by atoms with E-state index in [1.54, 1.807) is 17.8 Å². The Morgan fingerprint density at radius 1 is 1.05 bits per heavy atom. The molecule has 10 heteroatoms. The number of piperazine rings is 1. The molecular formula is C29H30N8O2. The zero-order chi connectivity index (χ0) is 26.5. The third-order valence-corrected chi connectivity index (χ3v) is 8.35. The fraction of sp³-hybridized carbons (Fsp3) is 0.379. The number of methoxy groups -OCH3 is 1. The summed E-state index contributed by atoms with van der Waals surface area (Å²) in [5.74, 6) is 1.62. The van der Waals surface area contributed by atoms with Crippen molar-refractivity contribution in [3.05, 3.63) is 66.2 Å². The van der Waals surface area contributed by atoms with E-state index in [0.717, 1.165) is 60.7 Å². The summed E-state index contributed by atoms with van der Waals surface area (Å²) in [4.78, 5) is 16.3. The van der Waals surface area contributed by atoms with Crippen molar-refractivity contribution in [2.24, 2.45) is 0 Å². The van der Waals surface area contributed by atoms with E-state index in [9.17, 15) is 10.4 Å². The van der Waals surface area contributed by atoms with Gasteiger partial charge in [0.15, 0.2) is 0 Å². The molecule has 4 aliphatic rings. The fourth-order valence-corrected chi connectivity index (χ4v) is 6.26. The maximum Gasteiger partial charge on any atom is 0.212 e. The van der Waals surface area contributed by atoms with Gasteiger partial charge in [-0.25, -0.2) is 14.5 Å². The van der Waals surface area contributed by atoms with Gasteiger partial charge in [0.05, 0.1) is 42.4 Å². The van der Waals surface area contributed by atoms with Crippen LogP contribution in [0.2, 0.25) is 0 Å². The molecule has 2 unspecified atom stereocenters. The molecule has 4 aromatic rings. The third kappa shape index (κ3) is 4.24. The van der Waals surface area contributed by atoms with Crippen LogP contribution < -0.4 is 14.5 Å². The number of hydrogen-bond donors (Lipinski definition) is 1. The summed E-state index contributed by atoms with van der Waals surface area (Å²) in [5, 5.41) is 24.2. The van der Waals surface area contributed by atoms with Gasteiger partial charge in [-0.15, -0.1) is 0 Å². The second-order valence-corrected chi connectivity index (χ2v) is 10.7. The van der Waals surface area contributed by atoms with Gasteiger partial charge < -0.3 is 19.6 Å². The highest BCUT2D eigenvalue weighted by Gasteiger charge is 2.44. The zero-order valence-electron chi connectivity index (χ0n) is 21.8. The predicted octanol–water partition coefficient (Wildman–Crippen LogP) is 2.71. The molecule has 4 aromatic heterocycles. The van der Waals surface area contributed by atoms with E-state index >= 15 is 0 Å². The van der Waals surface area contributed by atoms with Crippen molar-refractivity contribution in [3.8, 4) is 23.1 Å². The fourth-order valence-electron chi connectivity index (χ4n) is 6.26. The van der Waals surface area contributed by atoms with Gasteiger partial charge in [-0.2, -0.15) is 10.4 Å². The largest absolute Gasteiger partial charge is 0.481 e. The highest BCUT2D eigenvalue weighted by Crippen LogP contribution is 2.37. The Morgan fingerprint density at radius 2 is 1.92 bits per heavy atom. The number of aliphatic hydroxyl groups excluding tert-OH is 1. The van der Waals surface area contributed by atoms with E-state index in [-0.39, 0.29) is 6.10 Å². The Kier molecular flexibility index (Phi) is 5.83. The van der Waals surface area contributed by atoms with E-state index in [2.05, 4.69) is 55.1 Å². The molecule has 0 aliphatic carbocycles. The number of aliphatic hydroxyl groups is 1. The molecular weight excluding hydrogens is 492 g/mol. The number of nitrogens with zero attached hydrogens (tertiary/aromatic N) is 8. The van der Waals surface area contributed by atoms with Crippen LogP contribution in [0.3, 0.4) is 0 Å². The van der Waals surface area contributed by atoms with Crippen molar-refractivity contribution in [3.63, 3.8) is 0 Å². The minimum atomic E-state index is -0.322. The van der Waals surface area contributed by atoms with E-state index in [1.165, 1.54) is 12.0 Å². The summed E-state index contributed by atoms with van der Waals surface area (Å²) in [7, 11) is 1.64. The number of pyridine rings is 3. The molecule has 198 valence electrons. The highest BCUT2D eigenvalue weighted by atomic mass is 16.5. The monoisotopic (exact) mass is 522 g/mol. The topological polar surface area (TPSA) is 106 Å². The first-order chi connectivity index (χ1) is 19.1. The Labute approximate surface area is 226 Å². The molecule has 0 radical (unpaired) electrons. The van der Waals surface area contributed by atoms with Crippen LogP contribution in [0.1, 0.15) is 24.0 Å². The number of piperidine rings is 1. The molecule has 0 saturated carbocycles. The third-order valence-electron chi connectivity index (χ3n) is 8.35. The average Bonchev–Trinajstić information content (AvgIpc) is 3.62. The van der Waals surface area contributed by atoms with Crippen LogP contribution in [0.5, 0.6) is 5.88 Å². The van der Waals surface area contributed by atoms with Crippen molar-refractivity contribution in [1.82, 2.24) is 24.5 Å². The number of anilines is 2. The first-order valence-corrected chi connectivity index (χ1v) is 13.4.